The molecule has 0 amide bonds. The fraction of sp³-hybridized carbons (Fsp3) is 0.170. The molecule has 5 nitrogen and oxygen atoms in total. The Labute approximate surface area is 340 Å². The van der Waals surface area contributed by atoms with E-state index in [0.717, 1.165) is 27.4 Å². The molecule has 5 heterocycles. The largest absolute Gasteiger partial charge is 0.500 e. The minimum atomic E-state index is -1.76. The number of halogens is 1. The molecule has 9 aromatic rings. The van der Waals surface area contributed by atoms with E-state index in [9.17, 15) is 4.39 Å². The number of benzene rings is 4. The van der Waals surface area contributed by atoms with Crippen molar-refractivity contribution in [1.29, 1.82) is 0 Å². The maximum atomic E-state index is 13.5. The third-order valence-electron chi connectivity index (χ3n) is 9.07. The van der Waals surface area contributed by atoms with Gasteiger partial charge in [0.05, 0.1) is 24.8 Å². The Kier molecular flexibility index (Phi) is 9.53. The fourth-order valence-electron chi connectivity index (χ4n) is 6.42. The summed E-state index contributed by atoms with van der Waals surface area (Å²) in [6, 6.07) is 38.4. The summed E-state index contributed by atoms with van der Waals surface area (Å²) in [7, 11) is -1.38. The topological polar surface area (TPSA) is 65.0 Å². The average molecular weight is 922 g/mol. The molecule has 0 atom stereocenters. The first-order valence-corrected chi connectivity index (χ1v) is 21.4. The van der Waals surface area contributed by atoms with E-state index in [0.29, 0.717) is 55.9 Å². The molecule has 5 aromatic heterocycles. The molecule has 277 valence electrons. The number of hydrogen-bond acceptors (Lipinski definition) is 5. The third kappa shape index (κ3) is 8.08. The molecule has 8 heteroatoms. The molecule has 4 aromatic carbocycles. The number of aromatic nitrogens is 3. The van der Waals surface area contributed by atoms with Crippen LogP contribution >= 0.6 is 0 Å². The van der Waals surface area contributed by atoms with E-state index < -0.39 is 20.8 Å². The molecule has 55 heavy (non-hydrogen) atoms. The van der Waals surface area contributed by atoms with Gasteiger partial charge in [0.1, 0.15) is 17.0 Å². The Morgan fingerprint density at radius 3 is 2.18 bits per heavy atom. The second kappa shape index (κ2) is 15.8. The molecule has 1 radical (unpaired) electrons. The van der Waals surface area contributed by atoms with Crippen molar-refractivity contribution in [2.24, 2.45) is 5.92 Å². The van der Waals surface area contributed by atoms with Crippen LogP contribution in [0.4, 0.5) is 4.39 Å². The smallest absolute Gasteiger partial charge is 0.139 e. The van der Waals surface area contributed by atoms with E-state index >= 15 is 0 Å². The quantitative estimate of drug-likeness (QED) is 0.118. The molecule has 0 saturated carbocycles. The van der Waals surface area contributed by atoms with Crippen LogP contribution in [0.15, 0.2) is 130 Å². The molecule has 0 unspecified atom stereocenters. The van der Waals surface area contributed by atoms with Gasteiger partial charge in [0, 0.05) is 61.5 Å². The van der Waals surface area contributed by atoms with Crippen molar-refractivity contribution in [1.82, 2.24) is 15.0 Å². The zero-order valence-corrected chi connectivity index (χ0v) is 34.4. The predicted molar refractivity (Wildman–Crippen MR) is 220 cm³/mol. The number of fused-ring (bicyclic) bond motifs is 6. The van der Waals surface area contributed by atoms with Gasteiger partial charge in [-0.2, -0.15) is 0 Å². The van der Waals surface area contributed by atoms with Gasteiger partial charge < -0.3 is 18.8 Å². The van der Waals surface area contributed by atoms with Crippen molar-refractivity contribution in [2.45, 2.75) is 46.2 Å². The van der Waals surface area contributed by atoms with Crippen molar-refractivity contribution in [2.75, 3.05) is 0 Å². The van der Waals surface area contributed by atoms with Crippen molar-refractivity contribution in [3.63, 3.8) is 0 Å². The Bertz CT molecular complexity index is 2950. The monoisotopic (exact) mass is 922 g/mol. The van der Waals surface area contributed by atoms with Crippen LogP contribution in [0.5, 0.6) is 0 Å². The molecule has 9 rings (SSSR count). The van der Waals surface area contributed by atoms with Crippen LogP contribution in [0, 0.1) is 23.9 Å². The second-order valence-corrected chi connectivity index (χ2v) is 19.6. The average Bonchev–Trinajstić information content (AvgIpc) is 3.79. The standard InChI is InChI=1S/C27H23N2O.C20H17FNOSi.Ir/c1-18(2)15-20-13-14-28-24(17-20)22-9-6-10-23-26-25(30-27(22)23)12-11-21(29-26)16-19-7-4-3-5-8-19;1-24(2,3)14-8-10-18(22-12-14)17-6-4-5-16-15-9-7-13(21)11-19(15)23-20(16)17;/h3-8,10-14,17-18H,15-16H2,1-2H3;4-5,7-12H,1-3H3;/q2*-1;/i15D2,16D2;;. The van der Waals surface area contributed by atoms with Gasteiger partial charge in [-0.1, -0.05) is 104 Å². The van der Waals surface area contributed by atoms with E-state index in [1.807, 2.05) is 62.5 Å². The summed E-state index contributed by atoms with van der Waals surface area (Å²) in [6.07, 6.45) is 0.293. The Morgan fingerprint density at radius 2 is 1.45 bits per heavy atom. The number of nitrogens with zero attached hydrogens (tertiary/aromatic N) is 3. The summed E-state index contributed by atoms with van der Waals surface area (Å²) in [4.78, 5) is 13.7. The molecular weight excluding hydrogens is 878 g/mol. The van der Waals surface area contributed by atoms with Crippen LogP contribution in [0.25, 0.3) is 66.5 Å². The summed E-state index contributed by atoms with van der Waals surface area (Å²) in [5.74, 6) is -0.499. The van der Waals surface area contributed by atoms with Gasteiger partial charge in [-0.25, -0.2) is 4.39 Å². The Balaban J connectivity index is 0.000000186. The molecule has 0 bridgehead atoms. The van der Waals surface area contributed by atoms with Gasteiger partial charge in [-0.15, -0.1) is 36.4 Å². The van der Waals surface area contributed by atoms with Crippen LogP contribution in [0.1, 0.15) is 36.2 Å². The van der Waals surface area contributed by atoms with Gasteiger partial charge in [0.15, 0.2) is 0 Å². The van der Waals surface area contributed by atoms with Gasteiger partial charge in [-0.05, 0) is 70.1 Å². The number of hydrogen-bond donors (Lipinski definition) is 0. The van der Waals surface area contributed by atoms with E-state index in [4.69, 9.17) is 14.3 Å². The summed E-state index contributed by atoms with van der Waals surface area (Å²) in [5.41, 5.74) is 7.08. The Morgan fingerprint density at radius 1 is 0.727 bits per heavy atom. The zero-order valence-electron chi connectivity index (χ0n) is 35.0. The number of rotatable bonds is 7. The van der Waals surface area contributed by atoms with Crippen molar-refractivity contribution in [3.05, 3.63) is 156 Å². The molecule has 0 N–H and O–H groups in total. The molecule has 0 fully saturated rings. The van der Waals surface area contributed by atoms with E-state index in [2.05, 4.69) is 52.8 Å². The van der Waals surface area contributed by atoms with Crippen LogP contribution in [0.3, 0.4) is 0 Å². The molecular formula is C47H40FIrN3O2Si-2. The first-order chi connectivity index (χ1) is 27.6. The molecule has 0 saturated heterocycles. The van der Waals surface area contributed by atoms with E-state index in [1.54, 1.807) is 54.7 Å². The van der Waals surface area contributed by atoms with Crippen LogP contribution < -0.4 is 5.19 Å². The number of pyridine rings is 3. The fourth-order valence-corrected chi connectivity index (χ4v) is 7.45. The Hall–Kier alpha value is -5.27. The van der Waals surface area contributed by atoms with E-state index in [-0.39, 0.29) is 31.8 Å². The van der Waals surface area contributed by atoms with Gasteiger partial charge in [0.25, 0.3) is 0 Å². The molecule has 0 spiro atoms. The minimum absolute atomic E-state index is 0. The maximum absolute atomic E-state index is 13.5. The minimum Gasteiger partial charge on any atom is -0.500 e. The first kappa shape index (κ1) is 33.1. The van der Waals surface area contributed by atoms with Crippen LogP contribution in [-0.2, 0) is 32.9 Å². The molecule has 0 aliphatic heterocycles. The SMILES string of the molecule is C[Si](C)(C)c1ccc(-c2[c-]ccc3c2oc2cc(F)ccc23)nc1.[2H]C([2H])(c1ccccc1)c1ccc2oc3c(-c4cc(C([2H])([2H])C(C)C)ccn4)[c-]ccc3c2n1.[Ir]. The predicted octanol–water partition coefficient (Wildman–Crippen LogP) is 11.8. The van der Waals surface area contributed by atoms with E-state index in [1.165, 1.54) is 17.3 Å². The summed E-state index contributed by atoms with van der Waals surface area (Å²) >= 11 is 0. The summed E-state index contributed by atoms with van der Waals surface area (Å²) in [5, 5.41) is 3.90. The van der Waals surface area contributed by atoms with Crippen molar-refractivity contribution < 1.29 is 38.8 Å². The normalized spacial score (nSPS) is 13.2. The second-order valence-electron chi connectivity index (χ2n) is 14.5. The van der Waals surface area contributed by atoms with Gasteiger partial charge >= 0.3 is 0 Å². The molecule has 0 aliphatic carbocycles. The van der Waals surface area contributed by atoms with Gasteiger partial charge in [0.2, 0.25) is 0 Å². The van der Waals surface area contributed by atoms with Gasteiger partial charge in [-0.3, -0.25) is 4.98 Å². The van der Waals surface area contributed by atoms with Crippen LogP contribution in [0.2, 0.25) is 19.6 Å². The summed E-state index contributed by atoms with van der Waals surface area (Å²) in [6.45, 7) is 10.6. The van der Waals surface area contributed by atoms with Crippen molar-refractivity contribution >= 4 is 57.3 Å². The maximum Gasteiger partial charge on any atom is 0.139 e. The third-order valence-corrected chi connectivity index (χ3v) is 11.1. The summed E-state index contributed by atoms with van der Waals surface area (Å²) < 4.78 is 59.7. The van der Waals surface area contributed by atoms with Crippen LogP contribution in [-0.4, -0.2) is 23.0 Å². The first-order valence-electron chi connectivity index (χ1n) is 19.9. The zero-order chi connectivity index (χ0) is 41.0. The van der Waals surface area contributed by atoms with Crippen molar-refractivity contribution in [3.8, 4) is 22.5 Å². The molecule has 0 aliphatic rings. The number of furan rings is 2.